The van der Waals surface area contributed by atoms with Gasteiger partial charge in [0.2, 0.25) is 0 Å². The van der Waals surface area contributed by atoms with Gasteiger partial charge in [-0.15, -0.1) is 0 Å². The number of hydrogen-bond donors (Lipinski definition) is 2. The number of likely N-dealkylation sites (tertiary alicyclic amines) is 2. The summed E-state index contributed by atoms with van der Waals surface area (Å²) in [5, 5.41) is 19.0. The number of aliphatic carboxylic acids is 1. The van der Waals surface area contributed by atoms with E-state index in [0.29, 0.717) is 32.0 Å². The van der Waals surface area contributed by atoms with Crippen LogP contribution in [0.1, 0.15) is 25.7 Å². The number of carboxylic acids is 1. The Morgan fingerprint density at radius 2 is 1.89 bits per heavy atom. The molecule has 0 aromatic carbocycles. The SMILES string of the molecule is O=C(O)[C@H]1CCCN1C(=O)N1CC2CCC(O)C2C1. The Kier molecular flexibility index (Phi) is 3.12. The normalized spacial score (nSPS) is 37.7. The number of rotatable bonds is 1. The molecule has 2 aliphatic heterocycles. The van der Waals surface area contributed by atoms with Crippen molar-refractivity contribution in [2.75, 3.05) is 19.6 Å². The monoisotopic (exact) mass is 268 g/mol. The summed E-state index contributed by atoms with van der Waals surface area (Å²) in [7, 11) is 0. The molecule has 6 heteroatoms. The smallest absolute Gasteiger partial charge is 0.326 e. The van der Waals surface area contributed by atoms with Crippen LogP contribution in [0.25, 0.3) is 0 Å². The first-order valence-electron chi connectivity index (χ1n) is 7.04. The van der Waals surface area contributed by atoms with Gasteiger partial charge in [-0.2, -0.15) is 0 Å². The summed E-state index contributed by atoms with van der Waals surface area (Å²) < 4.78 is 0. The summed E-state index contributed by atoms with van der Waals surface area (Å²) in [6.07, 6.45) is 2.81. The van der Waals surface area contributed by atoms with Gasteiger partial charge in [-0.25, -0.2) is 9.59 Å². The topological polar surface area (TPSA) is 81.1 Å². The Morgan fingerprint density at radius 1 is 1.11 bits per heavy atom. The lowest BCUT2D eigenvalue weighted by atomic mass is 10.00. The third kappa shape index (κ3) is 2.08. The van der Waals surface area contributed by atoms with Crippen molar-refractivity contribution in [1.82, 2.24) is 9.80 Å². The van der Waals surface area contributed by atoms with Crippen LogP contribution in [0.3, 0.4) is 0 Å². The number of hydrogen-bond acceptors (Lipinski definition) is 3. The predicted octanol–water partition coefficient (Wildman–Crippen LogP) is 0.358. The summed E-state index contributed by atoms with van der Waals surface area (Å²) in [4.78, 5) is 26.8. The van der Waals surface area contributed by atoms with E-state index in [1.54, 1.807) is 4.90 Å². The van der Waals surface area contributed by atoms with Crippen LogP contribution in [-0.2, 0) is 4.79 Å². The molecule has 0 aromatic rings. The van der Waals surface area contributed by atoms with Gasteiger partial charge in [0.05, 0.1) is 6.10 Å². The van der Waals surface area contributed by atoms with E-state index in [9.17, 15) is 14.7 Å². The molecule has 3 unspecified atom stereocenters. The second-order valence-corrected chi connectivity index (χ2v) is 5.95. The lowest BCUT2D eigenvalue weighted by Gasteiger charge is -2.28. The highest BCUT2D eigenvalue weighted by atomic mass is 16.4. The van der Waals surface area contributed by atoms with Crippen LogP contribution in [0, 0.1) is 11.8 Å². The Hall–Kier alpha value is -1.30. The lowest BCUT2D eigenvalue weighted by molar-refractivity contribution is -0.141. The highest BCUT2D eigenvalue weighted by molar-refractivity contribution is 5.83. The van der Waals surface area contributed by atoms with Crippen molar-refractivity contribution in [3.63, 3.8) is 0 Å². The molecular formula is C13H20N2O4. The van der Waals surface area contributed by atoms with Crippen molar-refractivity contribution >= 4 is 12.0 Å². The van der Waals surface area contributed by atoms with Gasteiger partial charge in [0, 0.05) is 25.6 Å². The molecule has 19 heavy (non-hydrogen) atoms. The lowest BCUT2D eigenvalue weighted by Crippen LogP contribution is -2.47. The quantitative estimate of drug-likeness (QED) is 0.719. The predicted molar refractivity (Wildman–Crippen MR) is 66.6 cm³/mol. The number of aliphatic hydroxyl groups is 1. The zero-order valence-corrected chi connectivity index (χ0v) is 10.9. The van der Waals surface area contributed by atoms with E-state index in [1.165, 1.54) is 4.90 Å². The van der Waals surface area contributed by atoms with E-state index in [1.807, 2.05) is 0 Å². The fourth-order valence-electron chi connectivity index (χ4n) is 3.83. The Morgan fingerprint density at radius 3 is 2.58 bits per heavy atom. The summed E-state index contributed by atoms with van der Waals surface area (Å²) in [5.74, 6) is -0.329. The number of carbonyl (C=O) groups excluding carboxylic acids is 1. The third-order valence-corrected chi connectivity index (χ3v) is 4.87. The molecule has 0 bridgehead atoms. The summed E-state index contributed by atoms with van der Waals surface area (Å²) in [5.41, 5.74) is 0. The van der Waals surface area contributed by atoms with Gasteiger partial charge in [0.15, 0.2) is 0 Å². The molecule has 4 atom stereocenters. The second-order valence-electron chi connectivity index (χ2n) is 5.95. The molecule has 0 spiro atoms. The molecule has 0 aromatic heterocycles. The average molecular weight is 268 g/mol. The van der Waals surface area contributed by atoms with Gasteiger partial charge in [0.25, 0.3) is 0 Å². The molecule has 3 fully saturated rings. The third-order valence-electron chi connectivity index (χ3n) is 4.87. The van der Waals surface area contributed by atoms with Crippen molar-refractivity contribution in [1.29, 1.82) is 0 Å². The molecule has 2 N–H and O–H groups in total. The zero-order valence-electron chi connectivity index (χ0n) is 10.9. The number of carbonyl (C=O) groups is 2. The maximum atomic E-state index is 12.4. The van der Waals surface area contributed by atoms with Gasteiger partial charge in [-0.1, -0.05) is 0 Å². The van der Waals surface area contributed by atoms with Crippen LogP contribution in [0.2, 0.25) is 0 Å². The van der Waals surface area contributed by atoms with Gasteiger partial charge in [-0.3, -0.25) is 0 Å². The minimum Gasteiger partial charge on any atom is -0.480 e. The van der Waals surface area contributed by atoms with Gasteiger partial charge >= 0.3 is 12.0 Å². The van der Waals surface area contributed by atoms with Crippen molar-refractivity contribution in [2.45, 2.75) is 37.8 Å². The number of carboxylic acid groups (broad SMARTS) is 1. The molecule has 2 amide bonds. The van der Waals surface area contributed by atoms with Crippen LogP contribution in [0.15, 0.2) is 0 Å². The van der Waals surface area contributed by atoms with Crippen LogP contribution in [0.5, 0.6) is 0 Å². The molecule has 0 radical (unpaired) electrons. The number of amides is 2. The van der Waals surface area contributed by atoms with Gasteiger partial charge < -0.3 is 20.0 Å². The largest absolute Gasteiger partial charge is 0.480 e. The highest BCUT2D eigenvalue weighted by Gasteiger charge is 2.45. The maximum Gasteiger partial charge on any atom is 0.326 e. The second kappa shape index (κ2) is 4.67. The average Bonchev–Trinajstić information content (AvgIpc) is 3.05. The maximum absolute atomic E-state index is 12.4. The Bertz CT molecular complexity index is 400. The van der Waals surface area contributed by atoms with E-state index in [0.717, 1.165) is 19.3 Å². The first-order chi connectivity index (χ1) is 9.08. The summed E-state index contributed by atoms with van der Waals surface area (Å²) in [6.45, 7) is 1.78. The Balaban J connectivity index is 1.67. The van der Waals surface area contributed by atoms with Crippen LogP contribution < -0.4 is 0 Å². The first kappa shape index (κ1) is 12.7. The molecule has 3 rings (SSSR count). The van der Waals surface area contributed by atoms with E-state index >= 15 is 0 Å². The van der Waals surface area contributed by atoms with Crippen molar-refractivity contribution in [2.24, 2.45) is 11.8 Å². The number of urea groups is 1. The van der Waals surface area contributed by atoms with E-state index in [4.69, 9.17) is 5.11 Å². The fourth-order valence-corrected chi connectivity index (χ4v) is 3.83. The standard InChI is InChI=1S/C13H20N2O4/c16-11-4-3-8-6-14(7-9(8)11)13(19)15-5-1-2-10(15)12(17)18/h8-11,16H,1-7H2,(H,17,18)/t8?,9?,10-,11?/m1/s1. The molecule has 1 saturated carbocycles. The first-order valence-corrected chi connectivity index (χ1v) is 7.04. The zero-order chi connectivity index (χ0) is 13.6. The summed E-state index contributed by atoms with van der Waals surface area (Å²) in [6, 6.07) is -0.829. The molecule has 2 saturated heterocycles. The molecule has 106 valence electrons. The minimum absolute atomic E-state index is 0.161. The van der Waals surface area contributed by atoms with Gasteiger partial charge in [-0.05, 0) is 31.6 Å². The van der Waals surface area contributed by atoms with Crippen molar-refractivity contribution in [3.05, 3.63) is 0 Å². The fraction of sp³-hybridized carbons (Fsp3) is 0.846. The number of nitrogens with zero attached hydrogens (tertiary/aromatic N) is 2. The Labute approximate surface area is 112 Å². The van der Waals surface area contributed by atoms with Crippen LogP contribution in [0.4, 0.5) is 4.79 Å². The minimum atomic E-state index is -0.912. The van der Waals surface area contributed by atoms with E-state index < -0.39 is 12.0 Å². The molecule has 2 heterocycles. The van der Waals surface area contributed by atoms with Crippen LogP contribution in [-0.4, -0.2) is 63.8 Å². The summed E-state index contributed by atoms with van der Waals surface area (Å²) >= 11 is 0. The van der Waals surface area contributed by atoms with E-state index in [-0.39, 0.29) is 18.1 Å². The number of aliphatic hydroxyl groups excluding tert-OH is 1. The van der Waals surface area contributed by atoms with Crippen molar-refractivity contribution in [3.8, 4) is 0 Å². The molecule has 6 nitrogen and oxygen atoms in total. The van der Waals surface area contributed by atoms with Gasteiger partial charge in [0.1, 0.15) is 6.04 Å². The van der Waals surface area contributed by atoms with Crippen LogP contribution >= 0.6 is 0 Å². The highest BCUT2D eigenvalue weighted by Crippen LogP contribution is 2.38. The molecular weight excluding hydrogens is 248 g/mol. The van der Waals surface area contributed by atoms with E-state index in [2.05, 4.69) is 0 Å². The van der Waals surface area contributed by atoms with Crippen molar-refractivity contribution < 1.29 is 19.8 Å². The number of fused-ring (bicyclic) bond motifs is 1. The molecule has 1 aliphatic carbocycles. The molecule has 3 aliphatic rings.